The Hall–Kier alpha value is -2.09. The van der Waals surface area contributed by atoms with Gasteiger partial charge in [0.05, 0.1) is 0 Å². The summed E-state index contributed by atoms with van der Waals surface area (Å²) in [4.78, 5) is 0. The molecule has 0 atom stereocenters. The Balaban J connectivity index is 1.98. The average Bonchev–Trinajstić information content (AvgIpc) is 2.33. The van der Waals surface area contributed by atoms with Crippen molar-refractivity contribution < 1.29 is 4.57 Å². The number of hydrogen-bond acceptors (Lipinski definition) is 1. The maximum atomic E-state index is 3.22. The van der Waals surface area contributed by atoms with E-state index in [-0.39, 0.29) is 0 Å². The topological polar surface area (TPSA) is 15.9 Å². The Morgan fingerprint density at radius 3 is 2.38 bits per heavy atom. The molecule has 2 heteroatoms. The fourth-order valence-corrected chi connectivity index (χ4v) is 1.39. The molecule has 0 aliphatic heterocycles. The fourth-order valence-electron chi connectivity index (χ4n) is 1.39. The quantitative estimate of drug-likeness (QED) is 0.772. The lowest BCUT2D eigenvalue weighted by Crippen LogP contribution is -2.25. The summed E-state index contributed by atoms with van der Waals surface area (Å²) in [6, 6.07) is 14.3. The zero-order valence-corrected chi connectivity index (χ0v) is 9.30. The molecule has 80 valence electrons. The number of anilines is 1. The van der Waals surface area contributed by atoms with E-state index in [9.17, 15) is 0 Å². The van der Waals surface area contributed by atoms with Crippen LogP contribution in [0.15, 0.2) is 61.1 Å². The van der Waals surface area contributed by atoms with Gasteiger partial charge in [0.2, 0.25) is 0 Å². The van der Waals surface area contributed by atoms with Crippen LogP contribution in [0, 0.1) is 0 Å². The molecule has 1 N–H and O–H groups in total. The number of pyridine rings is 1. The highest BCUT2D eigenvalue weighted by atomic mass is 14.9. The van der Waals surface area contributed by atoms with Crippen molar-refractivity contribution in [3.63, 3.8) is 0 Å². The number of hydrogen-bond donors (Lipinski definition) is 1. The van der Waals surface area contributed by atoms with Crippen LogP contribution in [0.25, 0.3) is 6.08 Å². The normalized spacial score (nSPS) is 10.6. The summed E-state index contributed by atoms with van der Waals surface area (Å²) in [5, 5.41) is 3.22. The highest BCUT2D eigenvalue weighted by Crippen LogP contribution is 2.05. The van der Waals surface area contributed by atoms with Gasteiger partial charge in [0.1, 0.15) is 7.05 Å². The van der Waals surface area contributed by atoms with E-state index in [1.54, 1.807) is 0 Å². The van der Waals surface area contributed by atoms with E-state index in [1.165, 1.54) is 5.56 Å². The van der Waals surface area contributed by atoms with Gasteiger partial charge in [-0.15, -0.1) is 0 Å². The van der Waals surface area contributed by atoms with Crippen molar-refractivity contribution in [1.82, 2.24) is 0 Å². The highest BCUT2D eigenvalue weighted by molar-refractivity contribution is 5.54. The average molecular weight is 211 g/mol. The molecule has 1 aromatic carbocycles. The number of aryl methyl sites for hydroxylation is 1. The monoisotopic (exact) mass is 211 g/mol. The first-order valence-electron chi connectivity index (χ1n) is 5.28. The standard InChI is InChI=1S/C14H14N2/c1-16-11-8-13(9-12-16)7-10-15-14-5-3-2-4-6-14/h2-12H,1H3/p+1. The lowest BCUT2D eigenvalue weighted by Gasteiger charge is -1.98. The molecule has 1 heterocycles. The van der Waals surface area contributed by atoms with Crippen LogP contribution in [0.4, 0.5) is 5.69 Å². The van der Waals surface area contributed by atoms with Gasteiger partial charge in [-0.3, -0.25) is 0 Å². The summed E-state index contributed by atoms with van der Waals surface area (Å²) in [6.45, 7) is 0. The molecule has 0 unspecified atom stereocenters. The van der Waals surface area contributed by atoms with Gasteiger partial charge in [-0.1, -0.05) is 18.2 Å². The Kier molecular flexibility index (Phi) is 3.34. The van der Waals surface area contributed by atoms with Crippen molar-refractivity contribution in [2.45, 2.75) is 0 Å². The largest absolute Gasteiger partial charge is 0.362 e. The zero-order chi connectivity index (χ0) is 11.2. The molecular formula is C14H15N2+. The van der Waals surface area contributed by atoms with Gasteiger partial charge < -0.3 is 5.32 Å². The van der Waals surface area contributed by atoms with Gasteiger partial charge in [-0.05, 0) is 23.8 Å². The number of para-hydroxylation sites is 1. The summed E-state index contributed by atoms with van der Waals surface area (Å²) in [5.41, 5.74) is 2.28. The maximum absolute atomic E-state index is 3.22. The third kappa shape index (κ3) is 2.95. The van der Waals surface area contributed by atoms with Crippen LogP contribution < -0.4 is 9.88 Å². The molecule has 0 aliphatic rings. The first-order chi connectivity index (χ1) is 7.84. The van der Waals surface area contributed by atoms with Gasteiger partial charge in [0.25, 0.3) is 0 Å². The van der Waals surface area contributed by atoms with Crippen molar-refractivity contribution in [3.8, 4) is 0 Å². The second-order valence-electron chi connectivity index (χ2n) is 3.64. The molecule has 0 spiro atoms. The molecule has 2 nitrogen and oxygen atoms in total. The van der Waals surface area contributed by atoms with Gasteiger partial charge in [-0.25, -0.2) is 4.57 Å². The molecule has 2 rings (SSSR count). The van der Waals surface area contributed by atoms with E-state index in [0.29, 0.717) is 0 Å². The van der Waals surface area contributed by atoms with Crippen LogP contribution in [0.2, 0.25) is 0 Å². The SMILES string of the molecule is C[n+]1ccc(C=CNc2ccccc2)cc1. The second kappa shape index (κ2) is 5.12. The molecule has 0 fully saturated rings. The van der Waals surface area contributed by atoms with E-state index < -0.39 is 0 Å². The molecule has 0 aliphatic carbocycles. The zero-order valence-electron chi connectivity index (χ0n) is 9.30. The van der Waals surface area contributed by atoms with Crippen molar-refractivity contribution in [3.05, 3.63) is 66.6 Å². The smallest absolute Gasteiger partial charge is 0.169 e. The number of aromatic nitrogens is 1. The summed E-state index contributed by atoms with van der Waals surface area (Å²) in [6.07, 6.45) is 8.06. The maximum Gasteiger partial charge on any atom is 0.169 e. The Morgan fingerprint density at radius 1 is 1.00 bits per heavy atom. The first kappa shape index (κ1) is 10.4. The van der Waals surface area contributed by atoms with E-state index in [2.05, 4.69) is 17.4 Å². The number of nitrogens with one attached hydrogen (secondary N) is 1. The second-order valence-corrected chi connectivity index (χ2v) is 3.64. The molecule has 0 saturated heterocycles. The molecule has 2 aromatic rings. The van der Waals surface area contributed by atoms with E-state index in [4.69, 9.17) is 0 Å². The molecule has 0 amide bonds. The fraction of sp³-hybridized carbons (Fsp3) is 0.0714. The third-order valence-corrected chi connectivity index (χ3v) is 2.30. The molecule has 0 bridgehead atoms. The predicted molar refractivity (Wildman–Crippen MR) is 66.7 cm³/mol. The van der Waals surface area contributed by atoms with Crippen LogP contribution in [0.5, 0.6) is 0 Å². The van der Waals surface area contributed by atoms with Crippen LogP contribution >= 0.6 is 0 Å². The van der Waals surface area contributed by atoms with Gasteiger partial charge >= 0.3 is 0 Å². The van der Waals surface area contributed by atoms with Crippen LogP contribution in [-0.4, -0.2) is 0 Å². The first-order valence-corrected chi connectivity index (χ1v) is 5.28. The third-order valence-electron chi connectivity index (χ3n) is 2.30. The van der Waals surface area contributed by atoms with Crippen molar-refractivity contribution in [2.75, 3.05) is 5.32 Å². The predicted octanol–water partition coefficient (Wildman–Crippen LogP) is 2.59. The number of benzene rings is 1. The van der Waals surface area contributed by atoms with E-state index in [1.807, 2.05) is 66.6 Å². The molecule has 0 radical (unpaired) electrons. The Morgan fingerprint density at radius 2 is 1.69 bits per heavy atom. The lowest BCUT2D eigenvalue weighted by molar-refractivity contribution is -0.671. The van der Waals surface area contributed by atoms with E-state index >= 15 is 0 Å². The summed E-state index contributed by atoms with van der Waals surface area (Å²) in [5.74, 6) is 0. The Bertz CT molecular complexity index is 458. The minimum atomic E-state index is 1.10. The number of rotatable bonds is 3. The van der Waals surface area contributed by atoms with E-state index in [0.717, 1.165) is 5.69 Å². The minimum absolute atomic E-state index is 1.10. The molecular weight excluding hydrogens is 196 g/mol. The lowest BCUT2D eigenvalue weighted by atomic mass is 10.2. The van der Waals surface area contributed by atoms with Gasteiger partial charge in [0, 0.05) is 24.0 Å². The summed E-state index contributed by atoms with van der Waals surface area (Å²) >= 11 is 0. The highest BCUT2D eigenvalue weighted by Gasteiger charge is 1.90. The minimum Gasteiger partial charge on any atom is -0.362 e. The van der Waals surface area contributed by atoms with Crippen LogP contribution in [0.1, 0.15) is 5.56 Å². The Labute approximate surface area is 95.9 Å². The van der Waals surface area contributed by atoms with Crippen LogP contribution in [-0.2, 0) is 7.05 Å². The summed E-state index contributed by atoms with van der Waals surface area (Å²) < 4.78 is 2.02. The molecule has 0 saturated carbocycles. The molecule has 1 aromatic heterocycles. The van der Waals surface area contributed by atoms with Crippen molar-refractivity contribution >= 4 is 11.8 Å². The molecule has 16 heavy (non-hydrogen) atoms. The van der Waals surface area contributed by atoms with Gasteiger partial charge in [-0.2, -0.15) is 0 Å². The van der Waals surface area contributed by atoms with Gasteiger partial charge in [0.15, 0.2) is 12.4 Å². The number of nitrogens with zero attached hydrogens (tertiary/aromatic N) is 1. The van der Waals surface area contributed by atoms with Crippen LogP contribution in [0.3, 0.4) is 0 Å². The van der Waals surface area contributed by atoms with Crippen molar-refractivity contribution in [2.24, 2.45) is 7.05 Å². The van der Waals surface area contributed by atoms with Crippen molar-refractivity contribution in [1.29, 1.82) is 0 Å². The summed E-state index contributed by atoms with van der Waals surface area (Å²) in [7, 11) is 2.01.